The van der Waals surface area contributed by atoms with Crippen LogP contribution in [0, 0.1) is 3.57 Å². The summed E-state index contributed by atoms with van der Waals surface area (Å²) in [5.41, 5.74) is 0. The molecule has 0 aliphatic rings. The monoisotopic (exact) mass is 281 g/mol. The lowest BCUT2D eigenvalue weighted by Gasteiger charge is -1.98. The van der Waals surface area contributed by atoms with Crippen LogP contribution in [-0.2, 0) is 7.86 Å². The van der Waals surface area contributed by atoms with Crippen LogP contribution in [-0.4, -0.2) is 12.6 Å². The van der Waals surface area contributed by atoms with E-state index in [1.807, 2.05) is 30.3 Å². The van der Waals surface area contributed by atoms with E-state index in [0.29, 0.717) is 0 Å². The molecule has 0 atom stereocenters. The minimum Gasteiger partial charge on any atom is -0.401 e. The number of halogens is 2. The largest absolute Gasteiger partial charge is 0.401 e. The molecule has 0 aliphatic carbocycles. The van der Waals surface area contributed by atoms with E-state index >= 15 is 0 Å². The van der Waals surface area contributed by atoms with Crippen LogP contribution in [0.4, 0.5) is 4.39 Å². The molecule has 4 heteroatoms. The molecule has 0 heterocycles. The molecule has 2 nitrogen and oxygen atoms in total. The third-order valence-corrected chi connectivity index (χ3v) is 3.00. The van der Waals surface area contributed by atoms with Gasteiger partial charge in [0.1, 0.15) is 21.6 Å². The molecule has 0 aromatic heterocycles. The molecule has 0 aliphatic heterocycles. The first-order valence-electron chi connectivity index (χ1n) is 3.28. The van der Waals surface area contributed by atoms with Crippen molar-refractivity contribution < 1.29 is 12.3 Å². The Morgan fingerprint density at radius 1 is 1.42 bits per heavy atom. The normalized spacial score (nSPS) is 9.42. The molecule has 0 saturated heterocycles. The van der Waals surface area contributed by atoms with Crippen molar-refractivity contribution in [2.75, 3.05) is 6.67 Å². The Balaban J connectivity index is 2.38. The van der Waals surface area contributed by atoms with Gasteiger partial charge in [0.2, 0.25) is 0 Å². The number of carbonyl (C=O) groups excluding carboxylic acids is 1. The highest BCUT2D eigenvalue weighted by molar-refractivity contribution is 14.2. The molecule has 1 rings (SSSR count). The summed E-state index contributed by atoms with van der Waals surface area (Å²) in [4.78, 5) is 10.4. The Bertz CT molecular complexity index is 250. The first kappa shape index (κ1) is 9.44. The van der Waals surface area contributed by atoms with Gasteiger partial charge in [-0.05, 0) is 12.1 Å². The second-order valence-corrected chi connectivity index (χ2v) is 4.08. The number of alkyl halides is 1. The number of hydrogen-bond acceptors (Lipinski definition) is 2. The van der Waals surface area contributed by atoms with E-state index in [9.17, 15) is 9.18 Å². The maximum atomic E-state index is 11.6. The molecule has 0 bridgehead atoms. The lowest BCUT2D eigenvalue weighted by molar-refractivity contribution is -0.132. The van der Waals surface area contributed by atoms with Gasteiger partial charge in [-0.15, -0.1) is 0 Å². The Morgan fingerprint density at radius 3 is 2.67 bits per heavy atom. The minimum atomic E-state index is -1.04. The van der Waals surface area contributed by atoms with E-state index in [-0.39, 0.29) is 0 Å². The van der Waals surface area contributed by atoms with Gasteiger partial charge in [-0.3, -0.25) is 0 Å². The predicted octanol–water partition coefficient (Wildman–Crippen LogP) is 2.25. The second kappa shape index (κ2) is 5.08. The molecule has 1 aromatic rings. The van der Waals surface area contributed by atoms with Crippen molar-refractivity contribution in [1.29, 1.82) is 0 Å². The van der Waals surface area contributed by atoms with Crippen LogP contribution in [0.15, 0.2) is 30.3 Å². The standard InChI is InChI=1S/C8H7FIO2/c9-6-8(11)12-10-7-4-2-1-3-5-7/h1-5H,6H2. The molecule has 12 heavy (non-hydrogen) atoms. The average Bonchev–Trinajstić information content (AvgIpc) is 2.16. The molecule has 1 radical (unpaired) electrons. The minimum absolute atomic E-state index is 0.772. The summed E-state index contributed by atoms with van der Waals surface area (Å²) in [6.07, 6.45) is 0. The van der Waals surface area contributed by atoms with Crippen LogP contribution in [0.2, 0.25) is 0 Å². The van der Waals surface area contributed by atoms with E-state index in [0.717, 1.165) is 3.57 Å². The summed E-state index contributed by atoms with van der Waals surface area (Å²) < 4.78 is 17.3. The first-order chi connectivity index (χ1) is 5.83. The fourth-order valence-corrected chi connectivity index (χ4v) is 1.90. The van der Waals surface area contributed by atoms with Crippen molar-refractivity contribution in [2.24, 2.45) is 0 Å². The summed E-state index contributed by atoms with van der Waals surface area (Å²) in [6.45, 7) is -1.04. The van der Waals surface area contributed by atoms with Crippen molar-refractivity contribution in [3.05, 3.63) is 33.9 Å². The van der Waals surface area contributed by atoms with Gasteiger partial charge in [0.05, 0.1) is 0 Å². The maximum absolute atomic E-state index is 11.6. The molecular weight excluding hydrogens is 274 g/mol. The zero-order chi connectivity index (χ0) is 8.81. The Labute approximate surface area is 80.5 Å². The second-order valence-electron chi connectivity index (χ2n) is 1.96. The predicted molar refractivity (Wildman–Crippen MR) is 51.2 cm³/mol. The highest BCUT2D eigenvalue weighted by atomic mass is 127. The van der Waals surface area contributed by atoms with Gasteiger partial charge in [-0.2, -0.15) is 0 Å². The van der Waals surface area contributed by atoms with Gasteiger partial charge in [-0.1, -0.05) is 18.2 Å². The lowest BCUT2D eigenvalue weighted by atomic mass is 10.4. The molecule has 0 fully saturated rings. The van der Waals surface area contributed by atoms with Crippen molar-refractivity contribution in [3.8, 4) is 0 Å². The van der Waals surface area contributed by atoms with E-state index in [1.54, 1.807) is 0 Å². The first-order valence-corrected chi connectivity index (χ1v) is 5.24. The van der Waals surface area contributed by atoms with Gasteiger partial charge in [0, 0.05) is 3.57 Å². The topological polar surface area (TPSA) is 26.3 Å². The fraction of sp³-hybridized carbons (Fsp3) is 0.125. The lowest BCUT2D eigenvalue weighted by Crippen LogP contribution is -1.98. The molecular formula is C8H7FIO2. The van der Waals surface area contributed by atoms with Gasteiger partial charge in [0.25, 0.3) is 0 Å². The molecule has 0 N–H and O–H groups in total. The zero-order valence-electron chi connectivity index (χ0n) is 6.17. The molecule has 0 spiro atoms. The van der Waals surface area contributed by atoms with Gasteiger partial charge in [0.15, 0.2) is 6.67 Å². The highest BCUT2D eigenvalue weighted by Gasteiger charge is 2.01. The van der Waals surface area contributed by atoms with E-state index < -0.39 is 34.3 Å². The molecule has 65 valence electrons. The van der Waals surface area contributed by atoms with Crippen molar-refractivity contribution >= 4 is 27.6 Å². The van der Waals surface area contributed by atoms with Gasteiger partial charge < -0.3 is 3.07 Å². The summed E-state index contributed by atoms with van der Waals surface area (Å²) in [5, 5.41) is 0. The Morgan fingerprint density at radius 2 is 2.08 bits per heavy atom. The van der Waals surface area contributed by atoms with Crippen LogP contribution < -0.4 is 0 Å². The smallest absolute Gasteiger partial charge is 0.346 e. The quantitative estimate of drug-likeness (QED) is 0.794. The van der Waals surface area contributed by atoms with Crippen LogP contribution >= 0.6 is 21.6 Å². The molecule has 0 unspecified atom stereocenters. The highest BCUT2D eigenvalue weighted by Crippen LogP contribution is 2.21. The third kappa shape index (κ3) is 3.17. The molecule has 1 aromatic carbocycles. The molecule has 0 saturated carbocycles. The van der Waals surface area contributed by atoms with Crippen LogP contribution in [0.3, 0.4) is 0 Å². The van der Waals surface area contributed by atoms with Crippen LogP contribution in [0.25, 0.3) is 0 Å². The van der Waals surface area contributed by atoms with Gasteiger partial charge in [-0.25, -0.2) is 9.18 Å². The number of hydrogen-bond donors (Lipinski definition) is 0. The number of benzene rings is 1. The van der Waals surface area contributed by atoms with E-state index in [1.165, 1.54) is 0 Å². The number of carbonyl (C=O) groups is 1. The molecule has 0 amide bonds. The van der Waals surface area contributed by atoms with Crippen LogP contribution in [0.5, 0.6) is 0 Å². The average molecular weight is 281 g/mol. The van der Waals surface area contributed by atoms with Crippen LogP contribution in [0.1, 0.15) is 0 Å². The van der Waals surface area contributed by atoms with Crippen molar-refractivity contribution in [3.63, 3.8) is 0 Å². The van der Waals surface area contributed by atoms with Crippen molar-refractivity contribution in [2.45, 2.75) is 0 Å². The third-order valence-electron chi connectivity index (χ3n) is 1.06. The maximum Gasteiger partial charge on any atom is 0.346 e. The SMILES string of the molecule is O=C(CF)O[I]c1ccccc1. The van der Waals surface area contributed by atoms with Gasteiger partial charge >= 0.3 is 5.97 Å². The Hall–Kier alpha value is -0.650. The Kier molecular flexibility index (Phi) is 3.99. The zero-order valence-corrected chi connectivity index (χ0v) is 8.32. The van der Waals surface area contributed by atoms with E-state index in [4.69, 9.17) is 0 Å². The fourth-order valence-electron chi connectivity index (χ4n) is 0.574. The van der Waals surface area contributed by atoms with E-state index in [2.05, 4.69) is 3.07 Å². The summed E-state index contributed by atoms with van der Waals surface area (Å²) >= 11 is -0.809. The van der Waals surface area contributed by atoms with Crippen molar-refractivity contribution in [1.82, 2.24) is 0 Å². The summed E-state index contributed by atoms with van der Waals surface area (Å²) in [6, 6.07) is 9.32. The number of rotatable bonds is 3. The summed E-state index contributed by atoms with van der Waals surface area (Å²) in [5.74, 6) is -0.772. The summed E-state index contributed by atoms with van der Waals surface area (Å²) in [7, 11) is 0.